The van der Waals surface area contributed by atoms with Gasteiger partial charge in [0.2, 0.25) is 11.6 Å². The van der Waals surface area contributed by atoms with Gasteiger partial charge < -0.3 is 5.73 Å². The average molecular weight is 476 g/mol. The Morgan fingerprint density at radius 3 is 2.72 bits per heavy atom. The molecule has 0 radical (unpaired) electrons. The smallest absolute Gasteiger partial charge is 0.331 e. The number of pyridine rings is 2. The zero-order chi connectivity index (χ0) is 20.7. The maximum atomic E-state index is 13.3. The number of nitrogens with one attached hydrogen (secondary N) is 1. The number of imidazole rings is 1. The van der Waals surface area contributed by atoms with Crippen LogP contribution in [0, 0.1) is 13.8 Å². The van der Waals surface area contributed by atoms with Gasteiger partial charge in [-0.2, -0.15) is 9.97 Å². The molecule has 0 unspecified atom stereocenters. The number of aryl methyl sites for hydroxylation is 1. The summed E-state index contributed by atoms with van der Waals surface area (Å²) in [6.07, 6.45) is 3.57. The van der Waals surface area contributed by atoms with Crippen LogP contribution in [0.3, 0.4) is 0 Å². The van der Waals surface area contributed by atoms with E-state index in [0.717, 1.165) is 27.0 Å². The third kappa shape index (κ3) is 3.51. The number of aromatic nitrogens is 6. The topological polar surface area (TPSA) is 106 Å². The van der Waals surface area contributed by atoms with Crippen LogP contribution < -0.4 is 16.4 Å². The van der Waals surface area contributed by atoms with Gasteiger partial charge in [-0.05, 0) is 41.9 Å². The Kier molecular flexibility index (Phi) is 5.10. The predicted octanol–water partition coefficient (Wildman–Crippen LogP) is 2.51. The van der Waals surface area contributed by atoms with Gasteiger partial charge in [0.1, 0.15) is 12.1 Å². The number of fused-ring (bicyclic) bond motifs is 1. The zero-order valence-electron chi connectivity index (χ0n) is 15.8. The SMILES string of the molecule is Cc1c[nH+]c(Cn2c(=O)n(Cc3ccccn3)c3c(Cl)nc(N)nc32)c(C)c1Br. The minimum Gasteiger partial charge on any atom is -0.368 e. The van der Waals surface area contributed by atoms with Gasteiger partial charge in [-0.15, -0.1) is 0 Å². The van der Waals surface area contributed by atoms with E-state index in [9.17, 15) is 4.79 Å². The summed E-state index contributed by atoms with van der Waals surface area (Å²) in [6, 6.07) is 5.53. The van der Waals surface area contributed by atoms with Gasteiger partial charge in [0.15, 0.2) is 17.0 Å². The summed E-state index contributed by atoms with van der Waals surface area (Å²) >= 11 is 9.96. The molecule has 0 saturated carbocycles. The monoisotopic (exact) mass is 474 g/mol. The van der Waals surface area contributed by atoms with E-state index in [2.05, 4.69) is 35.9 Å². The summed E-state index contributed by atoms with van der Waals surface area (Å²) in [5.41, 5.74) is 10.0. The van der Waals surface area contributed by atoms with Crippen molar-refractivity contribution in [3.8, 4) is 0 Å². The standard InChI is InChI=1S/C19H17BrClN7O/c1-10-7-24-13(11(2)14(10)20)9-28-17-15(16(21)25-18(22)26-17)27(19(28)29)8-12-5-3-4-6-23-12/h3-7H,8-9H2,1-2H3,(H2,22,25,26)/p+1. The minimum absolute atomic E-state index is 0.0111. The molecule has 0 aliphatic heterocycles. The molecule has 0 bridgehead atoms. The van der Waals surface area contributed by atoms with Gasteiger partial charge in [0, 0.05) is 21.8 Å². The minimum atomic E-state index is -0.267. The van der Waals surface area contributed by atoms with Crippen molar-refractivity contribution in [1.29, 1.82) is 0 Å². The molecule has 3 N–H and O–H groups in total. The number of H-pyrrole nitrogens is 1. The van der Waals surface area contributed by atoms with Crippen LogP contribution in [0.1, 0.15) is 22.5 Å². The van der Waals surface area contributed by atoms with E-state index < -0.39 is 0 Å². The first kappa shape index (κ1) is 19.5. The number of rotatable bonds is 4. The summed E-state index contributed by atoms with van der Waals surface area (Å²) in [4.78, 5) is 29.2. The van der Waals surface area contributed by atoms with Crippen molar-refractivity contribution < 1.29 is 4.98 Å². The van der Waals surface area contributed by atoms with Crippen molar-refractivity contribution in [1.82, 2.24) is 24.1 Å². The van der Waals surface area contributed by atoms with Gasteiger partial charge >= 0.3 is 5.69 Å². The maximum Gasteiger partial charge on any atom is 0.331 e. The van der Waals surface area contributed by atoms with Gasteiger partial charge in [0.25, 0.3) is 0 Å². The highest BCUT2D eigenvalue weighted by Crippen LogP contribution is 2.24. The van der Waals surface area contributed by atoms with Crippen LogP contribution >= 0.6 is 27.5 Å². The Hall–Kier alpha value is -2.78. The van der Waals surface area contributed by atoms with Crippen molar-refractivity contribution in [2.45, 2.75) is 26.9 Å². The lowest BCUT2D eigenvalue weighted by Gasteiger charge is -2.05. The summed E-state index contributed by atoms with van der Waals surface area (Å²) < 4.78 is 4.06. The molecule has 0 fully saturated rings. The molecule has 8 nitrogen and oxygen atoms in total. The number of hydrogen-bond acceptors (Lipinski definition) is 5. The number of halogens is 2. The van der Waals surface area contributed by atoms with Crippen LogP contribution in [-0.2, 0) is 13.1 Å². The van der Waals surface area contributed by atoms with Crippen molar-refractivity contribution in [3.63, 3.8) is 0 Å². The maximum absolute atomic E-state index is 13.3. The first-order valence-electron chi connectivity index (χ1n) is 8.85. The van der Waals surface area contributed by atoms with Crippen LogP contribution in [-0.4, -0.2) is 24.1 Å². The molecule has 0 aliphatic carbocycles. The molecular formula is C19H18BrClN7O+. The van der Waals surface area contributed by atoms with Crippen molar-refractivity contribution >= 4 is 44.6 Å². The van der Waals surface area contributed by atoms with Crippen LogP contribution in [0.5, 0.6) is 0 Å². The second-order valence-electron chi connectivity index (χ2n) is 6.71. The largest absolute Gasteiger partial charge is 0.368 e. The summed E-state index contributed by atoms with van der Waals surface area (Å²) in [6.45, 7) is 4.51. The lowest BCUT2D eigenvalue weighted by atomic mass is 10.1. The fraction of sp³-hybridized carbons (Fsp3) is 0.211. The number of nitrogens with zero attached hydrogens (tertiary/aromatic N) is 5. The van der Waals surface area contributed by atoms with Crippen molar-refractivity contribution in [3.05, 3.63) is 73.2 Å². The molecule has 0 atom stereocenters. The van der Waals surface area contributed by atoms with Crippen molar-refractivity contribution in [2.24, 2.45) is 0 Å². The molecule has 0 aromatic carbocycles. The van der Waals surface area contributed by atoms with Crippen molar-refractivity contribution in [2.75, 3.05) is 5.73 Å². The van der Waals surface area contributed by atoms with E-state index in [1.807, 2.05) is 38.2 Å². The highest BCUT2D eigenvalue weighted by atomic mass is 79.9. The van der Waals surface area contributed by atoms with Gasteiger partial charge in [-0.1, -0.05) is 17.7 Å². The second kappa shape index (κ2) is 7.57. The zero-order valence-corrected chi connectivity index (χ0v) is 18.1. The fourth-order valence-electron chi connectivity index (χ4n) is 3.24. The molecule has 29 heavy (non-hydrogen) atoms. The predicted molar refractivity (Wildman–Crippen MR) is 114 cm³/mol. The lowest BCUT2D eigenvalue weighted by Crippen LogP contribution is -2.28. The van der Waals surface area contributed by atoms with E-state index in [-0.39, 0.29) is 29.9 Å². The Labute approximate surface area is 179 Å². The van der Waals surface area contributed by atoms with Crippen LogP contribution in [0.4, 0.5) is 5.95 Å². The molecule has 0 saturated heterocycles. The Bertz CT molecular complexity index is 1280. The van der Waals surface area contributed by atoms with Crippen LogP contribution in [0.2, 0.25) is 5.15 Å². The number of nitrogen functional groups attached to an aromatic ring is 1. The Balaban J connectivity index is 1.92. The molecule has 4 aromatic rings. The molecular weight excluding hydrogens is 458 g/mol. The normalized spacial score (nSPS) is 11.3. The average Bonchev–Trinajstić information content (AvgIpc) is 2.95. The van der Waals surface area contributed by atoms with Gasteiger partial charge in [-0.25, -0.2) is 9.78 Å². The van der Waals surface area contributed by atoms with Crippen LogP contribution in [0.15, 0.2) is 39.9 Å². The molecule has 4 rings (SSSR count). The molecule has 148 valence electrons. The number of nitrogens with two attached hydrogens (primary N) is 1. The van der Waals surface area contributed by atoms with E-state index in [1.54, 1.807) is 10.8 Å². The Morgan fingerprint density at radius 1 is 1.21 bits per heavy atom. The van der Waals surface area contributed by atoms with Crippen LogP contribution in [0.25, 0.3) is 11.2 Å². The first-order valence-corrected chi connectivity index (χ1v) is 10.0. The quantitative estimate of drug-likeness (QED) is 0.457. The van der Waals surface area contributed by atoms with Gasteiger partial charge in [-0.3, -0.25) is 14.1 Å². The van der Waals surface area contributed by atoms with Gasteiger partial charge in [0.05, 0.1) is 12.2 Å². The number of anilines is 1. The molecule has 4 aromatic heterocycles. The van der Waals surface area contributed by atoms with E-state index >= 15 is 0 Å². The second-order valence-corrected chi connectivity index (χ2v) is 7.86. The van der Waals surface area contributed by atoms with E-state index in [0.29, 0.717) is 11.2 Å². The summed E-state index contributed by atoms with van der Waals surface area (Å²) in [5, 5.41) is 0.130. The lowest BCUT2D eigenvalue weighted by molar-refractivity contribution is -0.392. The molecule has 0 aliphatic rings. The highest BCUT2D eigenvalue weighted by Gasteiger charge is 2.22. The molecule has 10 heteroatoms. The molecule has 0 amide bonds. The number of aromatic amines is 1. The highest BCUT2D eigenvalue weighted by molar-refractivity contribution is 9.10. The third-order valence-electron chi connectivity index (χ3n) is 4.78. The van der Waals surface area contributed by atoms with E-state index in [1.165, 1.54) is 4.57 Å². The molecule has 0 spiro atoms. The summed E-state index contributed by atoms with van der Waals surface area (Å²) in [7, 11) is 0. The fourth-order valence-corrected chi connectivity index (χ4v) is 3.87. The summed E-state index contributed by atoms with van der Waals surface area (Å²) in [5.74, 6) is 0.0111. The molecule has 4 heterocycles. The number of hydrogen-bond donors (Lipinski definition) is 1. The Morgan fingerprint density at radius 2 is 2.00 bits per heavy atom. The first-order chi connectivity index (χ1) is 13.9. The third-order valence-corrected chi connectivity index (χ3v) is 6.26. The van der Waals surface area contributed by atoms with E-state index in [4.69, 9.17) is 17.3 Å².